The highest BCUT2D eigenvalue weighted by Gasteiger charge is 2.22. The van der Waals surface area contributed by atoms with Crippen LogP contribution in [0, 0.1) is 6.92 Å². The minimum absolute atomic E-state index is 0.220. The van der Waals surface area contributed by atoms with Crippen molar-refractivity contribution >= 4 is 5.95 Å². The summed E-state index contributed by atoms with van der Waals surface area (Å²) < 4.78 is 0. The lowest BCUT2D eigenvalue weighted by molar-refractivity contribution is 0.410. The van der Waals surface area contributed by atoms with E-state index in [0.29, 0.717) is 5.92 Å². The van der Waals surface area contributed by atoms with E-state index in [2.05, 4.69) is 38.2 Å². The highest BCUT2D eigenvalue weighted by molar-refractivity contribution is 5.31. The molecule has 0 saturated heterocycles. The number of anilines is 1. The van der Waals surface area contributed by atoms with Crippen LogP contribution >= 0.6 is 0 Å². The van der Waals surface area contributed by atoms with Gasteiger partial charge in [-0.3, -0.25) is 9.97 Å². The normalized spacial score (nSPS) is 16.3. The van der Waals surface area contributed by atoms with E-state index in [1.165, 1.54) is 25.0 Å². The van der Waals surface area contributed by atoms with Gasteiger partial charge in [0.1, 0.15) is 0 Å². The summed E-state index contributed by atoms with van der Waals surface area (Å²) >= 11 is 0. The van der Waals surface area contributed by atoms with E-state index in [1.807, 2.05) is 6.92 Å². The Hall–Kier alpha value is -2.04. The Labute approximate surface area is 125 Å². The molecule has 1 aliphatic rings. The number of hydrogen-bond acceptors (Lipinski definition) is 5. The van der Waals surface area contributed by atoms with Crippen LogP contribution in [0.3, 0.4) is 0 Å². The van der Waals surface area contributed by atoms with E-state index in [1.54, 1.807) is 18.6 Å². The fraction of sp³-hybridized carbons (Fsp3) is 0.500. The Bertz CT molecular complexity index is 595. The standard InChI is InChI=1S/C16H21N5/c1-11(8-14-10-17-6-7-18-14)19-16-20-12(2)9-15(21-16)13-4-3-5-13/h6-7,9-11,13H,3-5,8H2,1-2H3,(H,19,20,21)/t11-/m1/s1. The van der Waals surface area contributed by atoms with Crippen LogP contribution in [0.5, 0.6) is 0 Å². The van der Waals surface area contributed by atoms with Crippen LogP contribution in [0.1, 0.15) is 49.2 Å². The fourth-order valence-electron chi connectivity index (χ4n) is 2.59. The zero-order valence-electron chi connectivity index (χ0n) is 12.6. The second kappa shape index (κ2) is 6.16. The van der Waals surface area contributed by atoms with E-state index in [0.717, 1.165) is 23.8 Å². The first-order valence-electron chi connectivity index (χ1n) is 7.57. The maximum Gasteiger partial charge on any atom is 0.223 e. The number of nitrogens with zero attached hydrogens (tertiary/aromatic N) is 4. The van der Waals surface area contributed by atoms with Gasteiger partial charge in [-0.15, -0.1) is 0 Å². The largest absolute Gasteiger partial charge is 0.351 e. The van der Waals surface area contributed by atoms with Crippen molar-refractivity contribution < 1.29 is 0 Å². The van der Waals surface area contributed by atoms with Crippen LogP contribution in [0.4, 0.5) is 5.95 Å². The molecule has 1 atom stereocenters. The second-order valence-electron chi connectivity index (χ2n) is 5.83. The van der Waals surface area contributed by atoms with Crippen molar-refractivity contribution in [1.82, 2.24) is 19.9 Å². The van der Waals surface area contributed by atoms with Gasteiger partial charge in [0, 0.05) is 48.4 Å². The maximum absolute atomic E-state index is 4.68. The van der Waals surface area contributed by atoms with Crippen LogP contribution in [0.15, 0.2) is 24.7 Å². The smallest absolute Gasteiger partial charge is 0.223 e. The number of aromatic nitrogens is 4. The monoisotopic (exact) mass is 283 g/mol. The van der Waals surface area contributed by atoms with Gasteiger partial charge in [0.15, 0.2) is 0 Å². The molecule has 0 aliphatic heterocycles. The number of nitrogens with one attached hydrogen (secondary N) is 1. The van der Waals surface area contributed by atoms with Crippen molar-refractivity contribution in [2.24, 2.45) is 0 Å². The molecule has 5 heteroatoms. The van der Waals surface area contributed by atoms with Gasteiger partial charge in [-0.25, -0.2) is 9.97 Å². The summed E-state index contributed by atoms with van der Waals surface area (Å²) in [5.74, 6) is 1.36. The molecule has 0 bridgehead atoms. The molecule has 0 unspecified atom stereocenters. The molecule has 0 amide bonds. The molecule has 0 radical (unpaired) electrons. The third-order valence-electron chi connectivity index (χ3n) is 3.90. The number of hydrogen-bond donors (Lipinski definition) is 1. The van der Waals surface area contributed by atoms with E-state index in [9.17, 15) is 0 Å². The predicted octanol–water partition coefficient (Wildman–Crippen LogP) is 2.89. The highest BCUT2D eigenvalue weighted by atomic mass is 15.1. The molecule has 110 valence electrons. The lowest BCUT2D eigenvalue weighted by Crippen LogP contribution is -2.22. The average Bonchev–Trinajstić information content (AvgIpc) is 2.36. The lowest BCUT2D eigenvalue weighted by atomic mass is 9.83. The molecule has 1 N–H and O–H groups in total. The molecular weight excluding hydrogens is 262 g/mol. The Balaban J connectivity index is 1.67. The predicted molar refractivity (Wildman–Crippen MR) is 82.2 cm³/mol. The molecular formula is C16H21N5. The zero-order valence-corrected chi connectivity index (χ0v) is 12.6. The Morgan fingerprint density at radius 1 is 1.29 bits per heavy atom. The summed E-state index contributed by atoms with van der Waals surface area (Å²) in [7, 11) is 0. The first kappa shape index (κ1) is 13.9. The highest BCUT2D eigenvalue weighted by Crippen LogP contribution is 2.35. The first-order valence-corrected chi connectivity index (χ1v) is 7.57. The molecule has 2 aromatic rings. The van der Waals surface area contributed by atoms with Gasteiger partial charge in [0.25, 0.3) is 0 Å². The Kier molecular flexibility index (Phi) is 4.08. The topological polar surface area (TPSA) is 63.6 Å². The molecule has 2 aromatic heterocycles. The summed E-state index contributed by atoms with van der Waals surface area (Å²) in [5, 5.41) is 3.38. The minimum atomic E-state index is 0.220. The first-order chi connectivity index (χ1) is 10.2. The molecule has 1 aliphatic carbocycles. The van der Waals surface area contributed by atoms with Crippen LogP contribution in [0.25, 0.3) is 0 Å². The van der Waals surface area contributed by atoms with Crippen molar-refractivity contribution in [2.75, 3.05) is 5.32 Å². The summed E-state index contributed by atoms with van der Waals surface area (Å²) in [6.45, 7) is 4.14. The molecule has 0 spiro atoms. The van der Waals surface area contributed by atoms with Gasteiger partial charge in [-0.2, -0.15) is 0 Å². The molecule has 21 heavy (non-hydrogen) atoms. The summed E-state index contributed by atoms with van der Waals surface area (Å²) in [6, 6.07) is 2.33. The lowest BCUT2D eigenvalue weighted by Gasteiger charge is -2.25. The van der Waals surface area contributed by atoms with Gasteiger partial charge < -0.3 is 5.32 Å². The van der Waals surface area contributed by atoms with E-state index in [4.69, 9.17) is 0 Å². The van der Waals surface area contributed by atoms with E-state index >= 15 is 0 Å². The number of aryl methyl sites for hydroxylation is 1. The van der Waals surface area contributed by atoms with E-state index in [-0.39, 0.29) is 6.04 Å². The van der Waals surface area contributed by atoms with Gasteiger partial charge >= 0.3 is 0 Å². The maximum atomic E-state index is 4.68. The molecule has 1 fully saturated rings. The summed E-state index contributed by atoms with van der Waals surface area (Å²) in [6.07, 6.45) is 9.85. The molecule has 5 nitrogen and oxygen atoms in total. The average molecular weight is 283 g/mol. The van der Waals surface area contributed by atoms with Crippen LogP contribution in [0.2, 0.25) is 0 Å². The molecule has 0 aromatic carbocycles. The molecule has 2 heterocycles. The third kappa shape index (κ3) is 3.54. The van der Waals surface area contributed by atoms with Crippen molar-refractivity contribution in [3.8, 4) is 0 Å². The summed E-state index contributed by atoms with van der Waals surface area (Å²) in [5.41, 5.74) is 3.19. The molecule has 3 rings (SSSR count). The zero-order chi connectivity index (χ0) is 14.7. The summed E-state index contributed by atoms with van der Waals surface area (Å²) in [4.78, 5) is 17.6. The molecule has 1 saturated carbocycles. The van der Waals surface area contributed by atoms with Crippen molar-refractivity contribution in [3.63, 3.8) is 0 Å². The van der Waals surface area contributed by atoms with Gasteiger partial charge in [0.2, 0.25) is 5.95 Å². The minimum Gasteiger partial charge on any atom is -0.351 e. The SMILES string of the molecule is Cc1cc(C2CCC2)nc(N[C@H](C)Cc2cnccn2)n1. The van der Waals surface area contributed by atoms with Gasteiger partial charge in [-0.1, -0.05) is 6.42 Å². The fourth-order valence-corrected chi connectivity index (χ4v) is 2.59. The van der Waals surface area contributed by atoms with Gasteiger partial charge in [-0.05, 0) is 32.8 Å². The van der Waals surface area contributed by atoms with Crippen molar-refractivity contribution in [3.05, 3.63) is 41.7 Å². The second-order valence-corrected chi connectivity index (χ2v) is 5.83. The van der Waals surface area contributed by atoms with Crippen LogP contribution in [-0.2, 0) is 6.42 Å². The van der Waals surface area contributed by atoms with Crippen molar-refractivity contribution in [2.45, 2.75) is 51.5 Å². The number of rotatable bonds is 5. The van der Waals surface area contributed by atoms with Crippen LogP contribution in [-0.4, -0.2) is 26.0 Å². The Morgan fingerprint density at radius 2 is 2.14 bits per heavy atom. The van der Waals surface area contributed by atoms with Crippen molar-refractivity contribution in [1.29, 1.82) is 0 Å². The quantitative estimate of drug-likeness (QED) is 0.914. The third-order valence-corrected chi connectivity index (χ3v) is 3.90. The van der Waals surface area contributed by atoms with Gasteiger partial charge in [0.05, 0.1) is 5.69 Å². The van der Waals surface area contributed by atoms with Crippen LogP contribution < -0.4 is 5.32 Å². The van der Waals surface area contributed by atoms with E-state index < -0.39 is 0 Å². The Morgan fingerprint density at radius 3 is 2.81 bits per heavy atom.